The van der Waals surface area contributed by atoms with Crippen LogP contribution in [0, 0.1) is 5.92 Å². The van der Waals surface area contributed by atoms with Crippen LogP contribution in [0.15, 0.2) is 24.3 Å². The maximum Gasteiger partial charge on any atom is 0.431 e. The average Bonchev–Trinajstić information content (AvgIpc) is 2.48. The third-order valence-corrected chi connectivity index (χ3v) is 3.49. The number of halogens is 7. The fourth-order valence-electron chi connectivity index (χ4n) is 2.03. The summed E-state index contributed by atoms with van der Waals surface area (Å²) in [6.45, 7) is 4.21. The van der Waals surface area contributed by atoms with Crippen molar-refractivity contribution in [3.63, 3.8) is 0 Å². The van der Waals surface area contributed by atoms with Gasteiger partial charge in [-0.15, -0.1) is 0 Å². The zero-order valence-corrected chi connectivity index (χ0v) is 13.8. The number of hydrogen-bond donors (Lipinski definition) is 0. The van der Waals surface area contributed by atoms with Gasteiger partial charge in [-0.2, -0.15) is 26.3 Å². The van der Waals surface area contributed by atoms with Gasteiger partial charge in [-0.1, -0.05) is 26.0 Å². The topological polar surface area (TPSA) is 18.5 Å². The number of rotatable bonds is 7. The van der Waals surface area contributed by atoms with E-state index in [0.717, 1.165) is 7.11 Å². The second kappa shape index (κ2) is 7.80. The number of alkyl halides is 7. The molecule has 0 aliphatic carbocycles. The molecule has 25 heavy (non-hydrogen) atoms. The first kappa shape index (κ1) is 21.5. The van der Waals surface area contributed by atoms with E-state index in [1.165, 1.54) is 24.3 Å². The summed E-state index contributed by atoms with van der Waals surface area (Å²) in [6.07, 6.45) is -15.9. The molecule has 0 saturated heterocycles. The zero-order valence-electron chi connectivity index (χ0n) is 13.8. The Morgan fingerprint density at radius 2 is 1.36 bits per heavy atom. The van der Waals surface area contributed by atoms with Crippen molar-refractivity contribution in [3.8, 4) is 5.75 Å². The molecule has 0 saturated carbocycles. The Morgan fingerprint density at radius 1 is 0.880 bits per heavy atom. The first-order valence-electron chi connectivity index (χ1n) is 7.39. The molecule has 0 bridgehead atoms. The molecular formula is C16H19F7O2. The fourth-order valence-corrected chi connectivity index (χ4v) is 2.03. The minimum atomic E-state index is -6.11. The standard InChI is InChI=1S/C16H19F7O2/c1-10(2)9-25-12-6-4-11(5-7-12)13(24-3)8-14(17,15(18,19)20)16(21,22)23/h4-7,10,13H,8-9H2,1-3H3. The molecular weight excluding hydrogens is 357 g/mol. The molecule has 1 aromatic carbocycles. The molecule has 0 amide bonds. The molecule has 1 rings (SSSR count). The van der Waals surface area contributed by atoms with Crippen LogP contribution in [0.5, 0.6) is 5.75 Å². The lowest BCUT2D eigenvalue weighted by atomic mass is 9.92. The van der Waals surface area contributed by atoms with E-state index in [1.807, 2.05) is 13.8 Å². The number of benzene rings is 1. The van der Waals surface area contributed by atoms with E-state index >= 15 is 0 Å². The van der Waals surface area contributed by atoms with E-state index in [4.69, 9.17) is 4.74 Å². The van der Waals surface area contributed by atoms with Gasteiger partial charge in [0, 0.05) is 13.5 Å². The Morgan fingerprint density at radius 3 is 1.72 bits per heavy atom. The molecule has 1 unspecified atom stereocenters. The minimum absolute atomic E-state index is 0.0186. The normalized spacial score (nSPS) is 14.7. The highest BCUT2D eigenvalue weighted by Gasteiger charge is 2.72. The average molecular weight is 376 g/mol. The second-order valence-corrected chi connectivity index (χ2v) is 6.00. The number of ether oxygens (including phenoxy) is 2. The van der Waals surface area contributed by atoms with Crippen molar-refractivity contribution < 1.29 is 40.2 Å². The lowest BCUT2D eigenvalue weighted by Gasteiger charge is -2.32. The third kappa shape index (κ3) is 5.23. The zero-order chi connectivity index (χ0) is 19.5. The van der Waals surface area contributed by atoms with E-state index in [9.17, 15) is 30.7 Å². The first-order valence-corrected chi connectivity index (χ1v) is 7.39. The van der Waals surface area contributed by atoms with Gasteiger partial charge >= 0.3 is 18.0 Å². The smallest absolute Gasteiger partial charge is 0.431 e. The van der Waals surface area contributed by atoms with Crippen LogP contribution in [-0.4, -0.2) is 31.7 Å². The Bertz CT molecular complexity index is 521. The predicted molar refractivity (Wildman–Crippen MR) is 77.1 cm³/mol. The van der Waals surface area contributed by atoms with Crippen molar-refractivity contribution in [3.05, 3.63) is 29.8 Å². The van der Waals surface area contributed by atoms with Crippen LogP contribution in [0.25, 0.3) is 0 Å². The molecule has 0 spiro atoms. The van der Waals surface area contributed by atoms with E-state index < -0.39 is 30.5 Å². The van der Waals surface area contributed by atoms with Crippen LogP contribution in [0.2, 0.25) is 0 Å². The van der Waals surface area contributed by atoms with Crippen molar-refractivity contribution in [2.24, 2.45) is 5.92 Å². The van der Waals surface area contributed by atoms with E-state index in [0.29, 0.717) is 12.4 Å². The maximum absolute atomic E-state index is 13.9. The van der Waals surface area contributed by atoms with Gasteiger partial charge in [0.2, 0.25) is 0 Å². The molecule has 0 aliphatic heterocycles. The molecule has 0 aliphatic rings. The summed E-state index contributed by atoms with van der Waals surface area (Å²) < 4.78 is 100. The van der Waals surface area contributed by atoms with Gasteiger partial charge in [0.25, 0.3) is 0 Å². The Hall–Kier alpha value is -1.51. The largest absolute Gasteiger partial charge is 0.493 e. The summed E-state index contributed by atoms with van der Waals surface area (Å²) in [6, 6.07) is 5.25. The molecule has 0 radical (unpaired) electrons. The van der Waals surface area contributed by atoms with Gasteiger partial charge in [0.05, 0.1) is 12.7 Å². The van der Waals surface area contributed by atoms with Crippen molar-refractivity contribution in [2.45, 2.75) is 44.4 Å². The summed E-state index contributed by atoms with van der Waals surface area (Å²) in [4.78, 5) is 0. The van der Waals surface area contributed by atoms with Gasteiger partial charge in [-0.25, -0.2) is 4.39 Å². The van der Waals surface area contributed by atoms with Crippen LogP contribution in [0.1, 0.15) is 31.9 Å². The molecule has 1 aromatic rings. The monoisotopic (exact) mass is 376 g/mol. The summed E-state index contributed by atoms with van der Waals surface area (Å²) in [7, 11) is 0.918. The summed E-state index contributed by atoms with van der Waals surface area (Å²) in [5, 5.41) is 0. The predicted octanol–water partition coefficient (Wildman–Crippen LogP) is 5.63. The molecule has 1 atom stereocenters. The fraction of sp³-hybridized carbons (Fsp3) is 0.625. The van der Waals surface area contributed by atoms with Crippen molar-refractivity contribution in [1.29, 1.82) is 0 Å². The van der Waals surface area contributed by atoms with Crippen LogP contribution < -0.4 is 4.74 Å². The molecule has 2 nitrogen and oxygen atoms in total. The number of methoxy groups -OCH3 is 1. The molecule has 0 fully saturated rings. The van der Waals surface area contributed by atoms with Crippen molar-refractivity contribution in [2.75, 3.05) is 13.7 Å². The molecule has 0 heterocycles. The van der Waals surface area contributed by atoms with Gasteiger partial charge in [0.15, 0.2) is 0 Å². The minimum Gasteiger partial charge on any atom is -0.493 e. The Kier molecular flexibility index (Phi) is 6.72. The summed E-state index contributed by atoms with van der Waals surface area (Å²) in [5.74, 6) is 0.627. The van der Waals surface area contributed by atoms with Crippen LogP contribution >= 0.6 is 0 Å². The molecule has 9 heteroatoms. The van der Waals surface area contributed by atoms with E-state index in [2.05, 4.69) is 4.74 Å². The Balaban J connectivity index is 3.01. The highest BCUT2D eigenvalue weighted by atomic mass is 19.4. The summed E-state index contributed by atoms with van der Waals surface area (Å²) in [5.41, 5.74) is -5.39. The van der Waals surface area contributed by atoms with Gasteiger partial charge in [-0.05, 0) is 23.6 Å². The van der Waals surface area contributed by atoms with Crippen LogP contribution in [-0.2, 0) is 4.74 Å². The highest BCUT2D eigenvalue weighted by Crippen LogP contribution is 2.51. The third-order valence-electron chi connectivity index (χ3n) is 3.49. The quantitative estimate of drug-likeness (QED) is 0.574. The molecule has 0 N–H and O–H groups in total. The second-order valence-electron chi connectivity index (χ2n) is 6.00. The van der Waals surface area contributed by atoms with Gasteiger partial charge < -0.3 is 9.47 Å². The summed E-state index contributed by atoms with van der Waals surface area (Å²) >= 11 is 0. The lowest BCUT2D eigenvalue weighted by molar-refractivity contribution is -0.348. The van der Waals surface area contributed by atoms with Crippen LogP contribution in [0.3, 0.4) is 0 Å². The van der Waals surface area contributed by atoms with E-state index in [1.54, 1.807) is 0 Å². The highest BCUT2D eigenvalue weighted by molar-refractivity contribution is 5.29. The number of hydrogen-bond acceptors (Lipinski definition) is 2. The van der Waals surface area contributed by atoms with Crippen molar-refractivity contribution >= 4 is 0 Å². The molecule has 0 aromatic heterocycles. The molecule has 144 valence electrons. The lowest BCUT2D eigenvalue weighted by Crippen LogP contribution is -2.54. The maximum atomic E-state index is 13.9. The van der Waals surface area contributed by atoms with E-state index in [-0.39, 0.29) is 11.5 Å². The SMILES string of the molecule is COC(CC(F)(C(F)(F)F)C(F)(F)F)c1ccc(OCC(C)C)cc1. The Labute approximate surface area is 140 Å². The van der Waals surface area contributed by atoms with Crippen molar-refractivity contribution in [1.82, 2.24) is 0 Å². The first-order chi connectivity index (χ1) is 11.3. The van der Waals surface area contributed by atoms with Crippen LogP contribution in [0.4, 0.5) is 30.7 Å². The van der Waals surface area contributed by atoms with Gasteiger partial charge in [-0.3, -0.25) is 0 Å². The van der Waals surface area contributed by atoms with Gasteiger partial charge in [0.1, 0.15) is 5.75 Å².